The molecule has 2 N–H and O–H groups in total. The van der Waals surface area contributed by atoms with Crippen LogP contribution in [0.25, 0.3) is 5.52 Å². The minimum absolute atomic E-state index is 0.131. The number of fused-ring (bicyclic) bond motifs is 1. The Labute approximate surface area is 84.2 Å². The lowest BCUT2D eigenvalue weighted by Crippen LogP contribution is -2.12. The lowest BCUT2D eigenvalue weighted by atomic mass is 10.3. The van der Waals surface area contributed by atoms with E-state index in [1.165, 1.54) is 10.6 Å². The molecule has 6 heteroatoms. The Morgan fingerprint density at radius 2 is 2.40 bits per heavy atom. The van der Waals surface area contributed by atoms with Crippen LogP contribution in [0.3, 0.4) is 0 Å². The van der Waals surface area contributed by atoms with Crippen molar-refractivity contribution in [2.45, 2.75) is 13.3 Å². The zero-order chi connectivity index (χ0) is 11.0. The number of hydrogen-bond acceptors (Lipinski definition) is 3. The summed E-state index contributed by atoms with van der Waals surface area (Å²) in [5.41, 5.74) is 0.500. The Hall–Kier alpha value is -2.11. The zero-order valence-electron chi connectivity index (χ0n) is 8.02. The van der Waals surface area contributed by atoms with Gasteiger partial charge in [-0.25, -0.2) is 9.31 Å². The van der Waals surface area contributed by atoms with Gasteiger partial charge in [-0.2, -0.15) is 5.10 Å². The van der Waals surface area contributed by atoms with Crippen LogP contribution in [0.1, 0.15) is 23.1 Å². The first-order valence-electron chi connectivity index (χ1n) is 4.46. The second-order valence-electron chi connectivity index (χ2n) is 3.13. The summed E-state index contributed by atoms with van der Waals surface area (Å²) in [7, 11) is 0. The number of nitrogens with zero attached hydrogens (tertiary/aromatic N) is 2. The van der Waals surface area contributed by atoms with Crippen molar-refractivity contribution < 1.29 is 9.90 Å². The van der Waals surface area contributed by atoms with Gasteiger partial charge >= 0.3 is 5.97 Å². The quantitative estimate of drug-likeness (QED) is 0.740. The number of rotatable bonds is 2. The van der Waals surface area contributed by atoms with Gasteiger partial charge in [0.2, 0.25) is 0 Å². The van der Waals surface area contributed by atoms with Crippen LogP contribution in [0.15, 0.2) is 17.1 Å². The van der Waals surface area contributed by atoms with Crippen LogP contribution in [0.5, 0.6) is 0 Å². The third-order valence-electron chi connectivity index (χ3n) is 2.12. The first-order chi connectivity index (χ1) is 7.11. The Morgan fingerprint density at radius 1 is 1.67 bits per heavy atom. The van der Waals surface area contributed by atoms with Gasteiger partial charge in [-0.1, -0.05) is 6.92 Å². The van der Waals surface area contributed by atoms with Crippen LogP contribution in [-0.2, 0) is 6.42 Å². The second-order valence-corrected chi connectivity index (χ2v) is 3.13. The van der Waals surface area contributed by atoms with Gasteiger partial charge in [0.05, 0.1) is 0 Å². The Bertz CT molecular complexity index is 582. The summed E-state index contributed by atoms with van der Waals surface area (Å²) in [4.78, 5) is 24.8. The topological polar surface area (TPSA) is 87.5 Å². The summed E-state index contributed by atoms with van der Waals surface area (Å²) in [5, 5.41) is 12.5. The van der Waals surface area contributed by atoms with E-state index >= 15 is 0 Å². The SMILES string of the molecule is CCc1cn2nc(C(=O)O)cc2c(=O)[nH]1. The molecule has 0 atom stereocenters. The summed E-state index contributed by atoms with van der Waals surface area (Å²) < 4.78 is 1.29. The van der Waals surface area contributed by atoms with Crippen molar-refractivity contribution >= 4 is 11.5 Å². The molecule has 0 aromatic carbocycles. The average Bonchev–Trinajstić information content (AvgIpc) is 2.61. The van der Waals surface area contributed by atoms with E-state index in [1.807, 2.05) is 6.92 Å². The van der Waals surface area contributed by atoms with Gasteiger partial charge in [-0.05, 0) is 6.42 Å². The van der Waals surface area contributed by atoms with Gasteiger partial charge in [0.1, 0.15) is 5.52 Å². The highest BCUT2D eigenvalue weighted by atomic mass is 16.4. The van der Waals surface area contributed by atoms with Gasteiger partial charge in [0.25, 0.3) is 5.56 Å². The number of carbonyl (C=O) groups is 1. The Morgan fingerprint density at radius 3 is 3.00 bits per heavy atom. The molecule has 0 aliphatic heterocycles. The van der Waals surface area contributed by atoms with Crippen molar-refractivity contribution in [3.63, 3.8) is 0 Å². The summed E-state index contributed by atoms with van der Waals surface area (Å²) >= 11 is 0. The van der Waals surface area contributed by atoms with Crippen molar-refractivity contribution in [3.05, 3.63) is 34.0 Å². The molecule has 0 radical (unpaired) electrons. The van der Waals surface area contributed by atoms with Crippen LogP contribution in [-0.4, -0.2) is 25.7 Å². The predicted octanol–water partition coefficient (Wildman–Crippen LogP) is 0.283. The fraction of sp³-hybridized carbons (Fsp3) is 0.222. The summed E-state index contributed by atoms with van der Waals surface area (Å²) in [6.45, 7) is 1.89. The van der Waals surface area contributed by atoms with E-state index < -0.39 is 5.97 Å². The molecule has 2 aromatic rings. The average molecular weight is 207 g/mol. The largest absolute Gasteiger partial charge is 0.476 e. The molecule has 0 aliphatic carbocycles. The first-order valence-corrected chi connectivity index (χ1v) is 4.46. The van der Waals surface area contributed by atoms with E-state index in [2.05, 4.69) is 10.1 Å². The van der Waals surface area contributed by atoms with Crippen LogP contribution in [0.4, 0.5) is 0 Å². The van der Waals surface area contributed by atoms with Gasteiger partial charge in [0.15, 0.2) is 5.69 Å². The molecular weight excluding hydrogens is 198 g/mol. The number of nitrogens with one attached hydrogen (secondary N) is 1. The molecule has 2 aromatic heterocycles. The maximum Gasteiger partial charge on any atom is 0.356 e. The molecule has 0 aliphatic rings. The number of aromatic amines is 1. The lowest BCUT2D eigenvalue weighted by Gasteiger charge is -1.96. The number of hydrogen-bond donors (Lipinski definition) is 2. The minimum Gasteiger partial charge on any atom is -0.476 e. The van der Waals surface area contributed by atoms with Gasteiger partial charge in [-0.15, -0.1) is 0 Å². The van der Waals surface area contributed by atoms with Gasteiger partial charge < -0.3 is 10.1 Å². The Kier molecular flexibility index (Phi) is 2.03. The highest BCUT2D eigenvalue weighted by Gasteiger charge is 2.11. The predicted molar refractivity (Wildman–Crippen MR) is 52.1 cm³/mol. The van der Waals surface area contributed by atoms with E-state index in [0.29, 0.717) is 12.1 Å². The molecule has 2 rings (SSSR count). The molecular formula is C9H9N3O3. The molecule has 0 amide bonds. The fourth-order valence-electron chi connectivity index (χ4n) is 1.34. The van der Waals surface area contributed by atoms with Crippen molar-refractivity contribution in [2.75, 3.05) is 0 Å². The first kappa shape index (κ1) is 9.45. The molecule has 2 heterocycles. The van der Waals surface area contributed by atoms with Crippen molar-refractivity contribution in [1.29, 1.82) is 0 Å². The molecule has 0 unspecified atom stereocenters. The van der Waals surface area contributed by atoms with Crippen molar-refractivity contribution in [3.8, 4) is 0 Å². The molecule has 0 bridgehead atoms. The molecule has 78 valence electrons. The monoisotopic (exact) mass is 207 g/mol. The highest BCUT2D eigenvalue weighted by molar-refractivity contribution is 5.86. The van der Waals surface area contributed by atoms with E-state index in [4.69, 9.17) is 5.11 Å². The Balaban J connectivity index is 2.75. The zero-order valence-corrected chi connectivity index (χ0v) is 8.02. The maximum atomic E-state index is 11.5. The third-order valence-corrected chi connectivity index (χ3v) is 2.12. The highest BCUT2D eigenvalue weighted by Crippen LogP contribution is 2.02. The molecule has 6 nitrogen and oxygen atoms in total. The molecule has 0 saturated carbocycles. The van der Waals surface area contributed by atoms with Gasteiger partial charge in [-0.3, -0.25) is 4.79 Å². The summed E-state index contributed by atoms with van der Waals surface area (Å²) in [5.74, 6) is -1.14. The van der Waals surface area contributed by atoms with Crippen LogP contribution >= 0.6 is 0 Å². The number of aromatic nitrogens is 3. The number of aromatic carboxylic acids is 1. The molecule has 15 heavy (non-hydrogen) atoms. The number of aryl methyl sites for hydroxylation is 1. The smallest absolute Gasteiger partial charge is 0.356 e. The van der Waals surface area contributed by atoms with Gasteiger partial charge in [0, 0.05) is 18.0 Å². The fourth-order valence-corrected chi connectivity index (χ4v) is 1.34. The van der Waals surface area contributed by atoms with Crippen LogP contribution in [0.2, 0.25) is 0 Å². The van der Waals surface area contributed by atoms with Crippen LogP contribution < -0.4 is 5.56 Å². The van der Waals surface area contributed by atoms with E-state index in [1.54, 1.807) is 6.20 Å². The maximum absolute atomic E-state index is 11.5. The number of H-pyrrole nitrogens is 1. The number of carboxylic acids is 1. The lowest BCUT2D eigenvalue weighted by molar-refractivity contribution is 0.0690. The standard InChI is InChI=1S/C9H9N3O3/c1-2-5-4-12-7(8(13)10-5)3-6(11-12)9(14)15/h3-4H,2H2,1H3,(H,10,13)(H,14,15). The van der Waals surface area contributed by atoms with Crippen molar-refractivity contribution in [1.82, 2.24) is 14.6 Å². The van der Waals surface area contributed by atoms with Crippen molar-refractivity contribution in [2.24, 2.45) is 0 Å². The third kappa shape index (κ3) is 1.50. The van der Waals surface area contributed by atoms with Crippen LogP contribution in [0, 0.1) is 0 Å². The van der Waals surface area contributed by atoms with E-state index in [0.717, 1.165) is 0 Å². The molecule has 0 fully saturated rings. The van der Waals surface area contributed by atoms with E-state index in [9.17, 15) is 9.59 Å². The second kappa shape index (κ2) is 3.23. The normalized spacial score (nSPS) is 10.7. The molecule has 0 spiro atoms. The summed E-state index contributed by atoms with van der Waals surface area (Å²) in [6, 6.07) is 1.25. The minimum atomic E-state index is -1.14. The number of carboxylic acid groups (broad SMARTS) is 1. The van der Waals surface area contributed by atoms with E-state index in [-0.39, 0.29) is 16.8 Å². The summed E-state index contributed by atoms with van der Waals surface area (Å²) in [6.07, 6.45) is 2.27. The molecule has 0 saturated heterocycles.